The highest BCUT2D eigenvalue weighted by atomic mass is 32.1. The van der Waals surface area contributed by atoms with Gasteiger partial charge in [0, 0.05) is 43.2 Å². The maximum absolute atomic E-state index is 5.55. The van der Waals surface area contributed by atoms with Gasteiger partial charge in [0.1, 0.15) is 17.2 Å². The van der Waals surface area contributed by atoms with E-state index in [1.807, 2.05) is 12.1 Å². The Bertz CT molecular complexity index is 677. The van der Waals surface area contributed by atoms with Crippen LogP contribution in [0.15, 0.2) is 29.6 Å². The van der Waals surface area contributed by atoms with Crippen LogP contribution in [-0.4, -0.2) is 59.1 Å². The minimum atomic E-state index is 0.337. The number of methoxy groups -OCH3 is 3. The molecule has 27 heavy (non-hydrogen) atoms. The van der Waals surface area contributed by atoms with Crippen LogP contribution in [0, 0.1) is 0 Å². The molecule has 1 N–H and O–H groups in total. The second kappa shape index (κ2) is 9.94. The van der Waals surface area contributed by atoms with Crippen LogP contribution in [0.5, 0.6) is 17.2 Å². The molecule has 2 heterocycles. The van der Waals surface area contributed by atoms with E-state index in [-0.39, 0.29) is 0 Å². The van der Waals surface area contributed by atoms with Gasteiger partial charge in [-0.1, -0.05) is 6.07 Å². The van der Waals surface area contributed by atoms with Crippen molar-refractivity contribution in [1.82, 2.24) is 10.2 Å². The summed E-state index contributed by atoms with van der Waals surface area (Å²) in [6.07, 6.45) is 0. The van der Waals surface area contributed by atoms with Crippen molar-refractivity contribution >= 4 is 11.3 Å². The van der Waals surface area contributed by atoms with Crippen LogP contribution >= 0.6 is 11.3 Å². The van der Waals surface area contributed by atoms with E-state index in [9.17, 15) is 0 Å². The van der Waals surface area contributed by atoms with Crippen molar-refractivity contribution in [3.63, 3.8) is 0 Å². The highest BCUT2D eigenvalue weighted by Crippen LogP contribution is 2.34. The highest BCUT2D eigenvalue weighted by Gasteiger charge is 2.23. The molecule has 0 amide bonds. The first-order valence-electron chi connectivity index (χ1n) is 9.11. The maximum atomic E-state index is 5.55. The zero-order valence-corrected chi connectivity index (χ0v) is 17.0. The Labute approximate surface area is 165 Å². The first-order valence-corrected chi connectivity index (χ1v) is 9.99. The summed E-state index contributed by atoms with van der Waals surface area (Å²) in [4.78, 5) is 3.86. The Morgan fingerprint density at radius 2 is 1.81 bits per heavy atom. The molecule has 1 aliphatic heterocycles. The smallest absolute Gasteiger partial charge is 0.130 e. The van der Waals surface area contributed by atoms with E-state index in [1.165, 1.54) is 4.88 Å². The summed E-state index contributed by atoms with van der Waals surface area (Å²) in [7, 11) is 4.97. The van der Waals surface area contributed by atoms with E-state index in [4.69, 9.17) is 18.9 Å². The van der Waals surface area contributed by atoms with Crippen LogP contribution in [0.4, 0.5) is 0 Å². The topological polar surface area (TPSA) is 52.2 Å². The van der Waals surface area contributed by atoms with E-state index in [1.54, 1.807) is 32.7 Å². The fourth-order valence-electron chi connectivity index (χ4n) is 3.37. The summed E-state index contributed by atoms with van der Waals surface area (Å²) < 4.78 is 22.0. The Hall–Kier alpha value is -1.80. The molecule has 6 nitrogen and oxygen atoms in total. The number of nitrogens with one attached hydrogen (secondary N) is 1. The molecular formula is C20H28N2O4S. The van der Waals surface area contributed by atoms with Crippen molar-refractivity contribution in [1.29, 1.82) is 0 Å². The molecule has 7 heteroatoms. The van der Waals surface area contributed by atoms with Gasteiger partial charge in [0.15, 0.2) is 0 Å². The summed E-state index contributed by atoms with van der Waals surface area (Å²) in [6, 6.07) is 8.43. The highest BCUT2D eigenvalue weighted by molar-refractivity contribution is 7.10. The van der Waals surface area contributed by atoms with Gasteiger partial charge in [0.05, 0.1) is 46.1 Å². The summed E-state index contributed by atoms with van der Waals surface area (Å²) in [5.41, 5.74) is 0.993. The van der Waals surface area contributed by atoms with Gasteiger partial charge in [-0.05, 0) is 11.4 Å². The lowest BCUT2D eigenvalue weighted by molar-refractivity contribution is 0.0168. The van der Waals surface area contributed by atoms with Gasteiger partial charge in [0.25, 0.3) is 0 Å². The van der Waals surface area contributed by atoms with Crippen LogP contribution in [0.2, 0.25) is 0 Å². The zero-order chi connectivity index (χ0) is 19.1. The lowest BCUT2D eigenvalue weighted by Crippen LogP contribution is -2.42. The van der Waals surface area contributed by atoms with Crippen molar-refractivity contribution < 1.29 is 18.9 Å². The number of benzene rings is 1. The molecule has 1 aromatic heterocycles. The van der Waals surface area contributed by atoms with Gasteiger partial charge in [-0.3, -0.25) is 4.90 Å². The van der Waals surface area contributed by atoms with Crippen LogP contribution in [-0.2, 0) is 11.3 Å². The molecule has 0 spiro atoms. The number of morpholine rings is 1. The predicted octanol–water partition coefficient (Wildman–Crippen LogP) is 2.94. The average Bonchev–Trinajstić information content (AvgIpc) is 3.25. The summed E-state index contributed by atoms with van der Waals surface area (Å²) in [6.45, 7) is 5.00. The third-order valence-electron chi connectivity index (χ3n) is 4.81. The third-order valence-corrected chi connectivity index (χ3v) is 5.79. The van der Waals surface area contributed by atoms with Crippen molar-refractivity contribution in [3.05, 3.63) is 40.1 Å². The molecular weight excluding hydrogens is 364 g/mol. The molecule has 1 aromatic carbocycles. The van der Waals surface area contributed by atoms with E-state index < -0.39 is 0 Å². The Morgan fingerprint density at radius 1 is 1.11 bits per heavy atom. The SMILES string of the molecule is COc1cc(OC)c(CNCC(c2cccs2)N2CCOCC2)c(OC)c1. The molecule has 0 radical (unpaired) electrons. The number of hydrogen-bond donors (Lipinski definition) is 1. The molecule has 0 bridgehead atoms. The lowest BCUT2D eigenvalue weighted by Gasteiger charge is -2.34. The van der Waals surface area contributed by atoms with E-state index in [2.05, 4.69) is 27.7 Å². The Morgan fingerprint density at radius 3 is 2.37 bits per heavy atom. The van der Waals surface area contributed by atoms with Crippen molar-refractivity contribution in [2.75, 3.05) is 54.2 Å². The van der Waals surface area contributed by atoms with Gasteiger partial charge in [-0.25, -0.2) is 0 Å². The Balaban J connectivity index is 1.71. The molecule has 1 fully saturated rings. The lowest BCUT2D eigenvalue weighted by atomic mass is 10.1. The fraction of sp³-hybridized carbons (Fsp3) is 0.500. The van der Waals surface area contributed by atoms with Crippen LogP contribution in [0.3, 0.4) is 0 Å². The molecule has 1 saturated heterocycles. The molecule has 0 saturated carbocycles. The normalized spacial score (nSPS) is 16.1. The van der Waals surface area contributed by atoms with E-state index in [0.29, 0.717) is 12.6 Å². The van der Waals surface area contributed by atoms with E-state index in [0.717, 1.165) is 55.7 Å². The third kappa shape index (κ3) is 4.93. The van der Waals surface area contributed by atoms with Gasteiger partial charge in [0.2, 0.25) is 0 Å². The van der Waals surface area contributed by atoms with Crippen molar-refractivity contribution in [2.24, 2.45) is 0 Å². The van der Waals surface area contributed by atoms with Crippen molar-refractivity contribution in [3.8, 4) is 17.2 Å². The van der Waals surface area contributed by atoms with Gasteiger partial charge in [-0.15, -0.1) is 11.3 Å². The number of ether oxygens (including phenoxy) is 4. The predicted molar refractivity (Wildman–Crippen MR) is 107 cm³/mol. The number of thiophene rings is 1. The summed E-state index contributed by atoms with van der Waals surface area (Å²) in [5, 5.41) is 5.73. The second-order valence-electron chi connectivity index (χ2n) is 6.32. The molecule has 148 valence electrons. The van der Waals surface area contributed by atoms with Crippen LogP contribution in [0.1, 0.15) is 16.5 Å². The first kappa shape index (κ1) is 19.9. The number of rotatable bonds is 9. The quantitative estimate of drug-likeness (QED) is 0.708. The molecule has 0 aliphatic carbocycles. The van der Waals surface area contributed by atoms with Gasteiger partial charge < -0.3 is 24.3 Å². The molecule has 1 aliphatic rings. The minimum absolute atomic E-state index is 0.337. The molecule has 2 aromatic rings. The average molecular weight is 393 g/mol. The minimum Gasteiger partial charge on any atom is -0.496 e. The van der Waals surface area contributed by atoms with Gasteiger partial charge in [-0.2, -0.15) is 0 Å². The zero-order valence-electron chi connectivity index (χ0n) is 16.2. The number of nitrogens with zero attached hydrogens (tertiary/aromatic N) is 1. The van der Waals surface area contributed by atoms with Crippen LogP contribution in [0.25, 0.3) is 0 Å². The summed E-state index contributed by atoms with van der Waals surface area (Å²) >= 11 is 1.80. The number of hydrogen-bond acceptors (Lipinski definition) is 7. The van der Waals surface area contributed by atoms with Crippen LogP contribution < -0.4 is 19.5 Å². The van der Waals surface area contributed by atoms with Crippen molar-refractivity contribution in [2.45, 2.75) is 12.6 Å². The van der Waals surface area contributed by atoms with E-state index >= 15 is 0 Å². The largest absolute Gasteiger partial charge is 0.496 e. The maximum Gasteiger partial charge on any atom is 0.130 e. The first-order chi connectivity index (χ1) is 13.3. The standard InChI is InChI=1S/C20H28N2O4S/c1-23-15-11-18(24-2)16(19(12-15)25-3)13-21-14-17(20-5-4-10-27-20)22-6-8-26-9-7-22/h4-5,10-12,17,21H,6-9,13-14H2,1-3H3. The molecule has 3 rings (SSSR count). The van der Waals surface area contributed by atoms with Gasteiger partial charge >= 0.3 is 0 Å². The molecule has 1 unspecified atom stereocenters. The monoisotopic (exact) mass is 392 g/mol. The molecule has 1 atom stereocenters. The Kier molecular flexibility index (Phi) is 7.34. The second-order valence-corrected chi connectivity index (χ2v) is 7.30. The summed E-state index contributed by atoms with van der Waals surface area (Å²) in [5.74, 6) is 2.24. The fourth-order valence-corrected chi connectivity index (χ4v) is 4.23.